The highest BCUT2D eigenvalue weighted by molar-refractivity contribution is 14.1. The van der Waals surface area contributed by atoms with Crippen molar-refractivity contribution >= 4 is 50.6 Å². The largest absolute Gasteiger partial charge is 0.506 e. The van der Waals surface area contributed by atoms with Crippen LogP contribution in [-0.2, 0) is 17.4 Å². The van der Waals surface area contributed by atoms with E-state index in [2.05, 4.69) is 26.5 Å². The summed E-state index contributed by atoms with van der Waals surface area (Å²) >= 11 is 5.13. The zero-order chi connectivity index (χ0) is 18.6. The first-order chi connectivity index (χ1) is 11.7. The van der Waals surface area contributed by atoms with Gasteiger partial charge in [0.05, 0.1) is 26.2 Å². The molecule has 0 aliphatic heterocycles. The maximum Gasteiger partial charge on any atom is 0.416 e. The number of amides is 1. The van der Waals surface area contributed by atoms with Crippen LogP contribution in [0.5, 0.6) is 5.75 Å². The van der Waals surface area contributed by atoms with Crippen LogP contribution in [0.3, 0.4) is 0 Å². The van der Waals surface area contributed by atoms with Crippen molar-refractivity contribution in [3.8, 4) is 5.75 Å². The number of benzene rings is 2. The lowest BCUT2D eigenvalue weighted by molar-refractivity contribution is -0.137. The molecule has 0 fully saturated rings. The van der Waals surface area contributed by atoms with Gasteiger partial charge in [-0.1, -0.05) is 18.2 Å². The number of hydrazone groups is 1. The van der Waals surface area contributed by atoms with Crippen LogP contribution in [0.25, 0.3) is 0 Å². The number of carbonyl (C=O) groups excluding carboxylic acids is 1. The van der Waals surface area contributed by atoms with Crippen molar-refractivity contribution < 1.29 is 23.1 Å². The van der Waals surface area contributed by atoms with Gasteiger partial charge in [-0.05, 0) is 67.8 Å². The number of alkyl halides is 3. The molecule has 4 nitrogen and oxygen atoms in total. The lowest BCUT2D eigenvalue weighted by Gasteiger charge is -2.08. The summed E-state index contributed by atoms with van der Waals surface area (Å²) in [6.45, 7) is 0. The van der Waals surface area contributed by atoms with Crippen molar-refractivity contribution in [1.82, 2.24) is 5.43 Å². The van der Waals surface area contributed by atoms with Crippen LogP contribution < -0.4 is 5.43 Å². The summed E-state index contributed by atoms with van der Waals surface area (Å²) in [5.41, 5.74) is 2.33. The summed E-state index contributed by atoms with van der Waals surface area (Å²) in [4.78, 5) is 11.8. The standard InChI is InChI=1S/C16H11BrF3IN2O2/c17-12-5-10(6-13(21)15(12)25)8-22-23-14(24)7-9-2-1-3-11(4-9)16(18,19)20/h1-6,8,25H,7H2,(H,23,24)/b22-8-. The molecule has 0 aliphatic rings. The first-order valence-corrected chi connectivity index (χ1v) is 8.70. The van der Waals surface area contributed by atoms with Crippen LogP contribution >= 0.6 is 38.5 Å². The fourth-order valence-electron chi connectivity index (χ4n) is 1.92. The van der Waals surface area contributed by atoms with Gasteiger partial charge >= 0.3 is 6.18 Å². The molecule has 2 aromatic carbocycles. The van der Waals surface area contributed by atoms with E-state index in [4.69, 9.17) is 0 Å². The van der Waals surface area contributed by atoms with Gasteiger partial charge in [0.15, 0.2) is 0 Å². The van der Waals surface area contributed by atoms with E-state index in [1.54, 1.807) is 12.1 Å². The van der Waals surface area contributed by atoms with Crippen LogP contribution in [0, 0.1) is 3.57 Å². The quantitative estimate of drug-likeness (QED) is 0.351. The highest BCUT2D eigenvalue weighted by atomic mass is 127. The lowest BCUT2D eigenvalue weighted by Crippen LogP contribution is -2.20. The molecule has 0 atom stereocenters. The fraction of sp³-hybridized carbons (Fsp3) is 0.125. The molecule has 0 unspecified atom stereocenters. The van der Waals surface area contributed by atoms with Gasteiger partial charge in [-0.3, -0.25) is 4.79 Å². The molecular weight excluding hydrogens is 516 g/mol. The van der Waals surface area contributed by atoms with Crippen LogP contribution in [0.1, 0.15) is 16.7 Å². The minimum atomic E-state index is -4.45. The second-order valence-corrected chi connectivity index (χ2v) is 7.02. The molecule has 2 N–H and O–H groups in total. The van der Waals surface area contributed by atoms with Crippen LogP contribution in [0.4, 0.5) is 13.2 Å². The molecule has 25 heavy (non-hydrogen) atoms. The molecule has 0 aromatic heterocycles. The summed E-state index contributed by atoms with van der Waals surface area (Å²) in [7, 11) is 0. The van der Waals surface area contributed by atoms with Crippen LogP contribution in [0.15, 0.2) is 46.0 Å². The topological polar surface area (TPSA) is 61.7 Å². The number of aromatic hydroxyl groups is 1. The van der Waals surface area contributed by atoms with E-state index in [0.29, 0.717) is 13.6 Å². The summed E-state index contributed by atoms with van der Waals surface area (Å²) in [5.74, 6) is -0.436. The minimum Gasteiger partial charge on any atom is -0.506 e. The summed E-state index contributed by atoms with van der Waals surface area (Å²) in [6, 6.07) is 7.85. The first kappa shape index (κ1) is 19.7. The number of hydrogen-bond acceptors (Lipinski definition) is 3. The van der Waals surface area contributed by atoms with E-state index in [1.165, 1.54) is 18.3 Å². The van der Waals surface area contributed by atoms with E-state index in [9.17, 15) is 23.1 Å². The number of carbonyl (C=O) groups is 1. The van der Waals surface area contributed by atoms with Crippen molar-refractivity contribution in [3.05, 3.63) is 61.1 Å². The summed E-state index contributed by atoms with van der Waals surface area (Å²) < 4.78 is 39.0. The van der Waals surface area contributed by atoms with Crippen molar-refractivity contribution in [2.45, 2.75) is 12.6 Å². The molecular formula is C16H11BrF3IN2O2. The predicted octanol–water partition coefficient (Wildman–Crippen LogP) is 4.47. The van der Waals surface area contributed by atoms with Gasteiger partial charge in [0, 0.05) is 0 Å². The van der Waals surface area contributed by atoms with E-state index in [0.717, 1.165) is 12.1 Å². The SMILES string of the molecule is O=C(Cc1cccc(C(F)(F)F)c1)N/N=C\c1cc(Br)c(O)c(I)c1. The number of hydrogen-bond donors (Lipinski definition) is 2. The third-order valence-electron chi connectivity index (χ3n) is 3.06. The Bertz CT molecular complexity index is 802. The van der Waals surface area contributed by atoms with E-state index >= 15 is 0 Å². The van der Waals surface area contributed by atoms with E-state index < -0.39 is 17.6 Å². The van der Waals surface area contributed by atoms with Gasteiger partial charge in [-0.15, -0.1) is 0 Å². The van der Waals surface area contributed by atoms with Gasteiger partial charge < -0.3 is 5.11 Å². The number of nitrogens with zero attached hydrogens (tertiary/aromatic N) is 1. The number of rotatable bonds is 4. The average Bonchev–Trinajstić information content (AvgIpc) is 2.52. The van der Waals surface area contributed by atoms with E-state index in [1.807, 2.05) is 22.6 Å². The number of phenols is 1. The molecule has 2 rings (SSSR count). The molecule has 0 spiro atoms. The Kier molecular flexibility index (Phi) is 6.44. The Morgan fingerprint density at radius 1 is 1.32 bits per heavy atom. The van der Waals surface area contributed by atoms with E-state index in [-0.39, 0.29) is 17.7 Å². The van der Waals surface area contributed by atoms with Crippen molar-refractivity contribution in [2.24, 2.45) is 5.10 Å². The Balaban J connectivity index is 1.99. The molecule has 0 saturated carbocycles. The highest BCUT2D eigenvalue weighted by Crippen LogP contribution is 2.30. The second kappa shape index (κ2) is 8.17. The van der Waals surface area contributed by atoms with Crippen molar-refractivity contribution in [3.63, 3.8) is 0 Å². The number of nitrogens with one attached hydrogen (secondary N) is 1. The maximum atomic E-state index is 12.6. The van der Waals surface area contributed by atoms with Crippen LogP contribution in [0.2, 0.25) is 0 Å². The smallest absolute Gasteiger partial charge is 0.416 e. The predicted molar refractivity (Wildman–Crippen MR) is 99.4 cm³/mol. The molecule has 0 radical (unpaired) electrons. The third kappa shape index (κ3) is 5.70. The molecule has 9 heteroatoms. The molecule has 0 saturated heterocycles. The maximum absolute atomic E-state index is 12.6. The second-order valence-electron chi connectivity index (χ2n) is 5.00. The molecule has 132 valence electrons. The molecule has 0 aliphatic carbocycles. The Hall–Kier alpha value is -1.62. The first-order valence-electron chi connectivity index (χ1n) is 6.83. The molecule has 0 bridgehead atoms. The molecule has 0 heterocycles. The van der Waals surface area contributed by atoms with Gasteiger partial charge in [0.25, 0.3) is 0 Å². The Morgan fingerprint density at radius 3 is 2.68 bits per heavy atom. The number of halogens is 5. The van der Waals surface area contributed by atoms with Crippen molar-refractivity contribution in [2.75, 3.05) is 0 Å². The zero-order valence-electron chi connectivity index (χ0n) is 12.4. The minimum absolute atomic E-state index is 0.103. The fourth-order valence-corrected chi connectivity index (χ4v) is 3.42. The normalized spacial score (nSPS) is 11.7. The molecule has 1 amide bonds. The van der Waals surface area contributed by atoms with Crippen LogP contribution in [-0.4, -0.2) is 17.2 Å². The van der Waals surface area contributed by atoms with Gasteiger partial charge in [-0.25, -0.2) is 5.43 Å². The highest BCUT2D eigenvalue weighted by Gasteiger charge is 2.30. The monoisotopic (exact) mass is 526 g/mol. The summed E-state index contributed by atoms with van der Waals surface area (Å²) in [5, 5.41) is 13.4. The third-order valence-corrected chi connectivity index (χ3v) is 4.49. The lowest BCUT2D eigenvalue weighted by atomic mass is 10.1. The van der Waals surface area contributed by atoms with Gasteiger partial charge in [0.1, 0.15) is 5.75 Å². The molecule has 2 aromatic rings. The average molecular weight is 527 g/mol. The Morgan fingerprint density at radius 2 is 2.04 bits per heavy atom. The van der Waals surface area contributed by atoms with Gasteiger partial charge in [-0.2, -0.15) is 18.3 Å². The summed E-state index contributed by atoms with van der Waals surface area (Å²) in [6.07, 6.45) is -3.30. The zero-order valence-corrected chi connectivity index (χ0v) is 16.2. The van der Waals surface area contributed by atoms with Gasteiger partial charge in [0.2, 0.25) is 5.91 Å². The van der Waals surface area contributed by atoms with Crippen molar-refractivity contribution in [1.29, 1.82) is 0 Å². The number of phenolic OH excluding ortho intramolecular Hbond substituents is 1. The Labute approximate surface area is 163 Å².